The van der Waals surface area contributed by atoms with Gasteiger partial charge in [-0.05, 0) is 37.0 Å². The largest absolute Gasteiger partial charge is 0.479 e. The summed E-state index contributed by atoms with van der Waals surface area (Å²) in [6.45, 7) is 1.87. The minimum atomic E-state index is -1.13. The fourth-order valence-electron chi connectivity index (χ4n) is 3.97. The summed E-state index contributed by atoms with van der Waals surface area (Å²) in [5, 5.41) is 10.2. The third kappa shape index (κ3) is 3.68. The molecule has 150 valence electrons. The number of carbonyl (C=O) groups excluding carboxylic acids is 1. The molecule has 2 aromatic carbocycles. The molecule has 0 radical (unpaired) electrons. The monoisotopic (exact) mass is 394 g/mol. The highest BCUT2D eigenvalue weighted by Crippen LogP contribution is 2.37. The fourth-order valence-corrected chi connectivity index (χ4v) is 3.97. The molecule has 0 spiro atoms. The number of carbonyl (C=O) groups is 2. The molecule has 29 heavy (non-hydrogen) atoms. The van der Waals surface area contributed by atoms with Crippen molar-refractivity contribution in [2.24, 2.45) is 0 Å². The second-order valence-electron chi connectivity index (χ2n) is 7.33. The number of ether oxygens (including phenoxy) is 1. The van der Waals surface area contributed by atoms with Crippen molar-refractivity contribution in [1.29, 1.82) is 0 Å². The number of oxazole rings is 1. The molecule has 0 unspecified atom stereocenters. The zero-order valence-electron chi connectivity index (χ0n) is 16.1. The topological polar surface area (TPSA) is 92.9 Å². The zero-order valence-corrected chi connectivity index (χ0v) is 16.1. The maximum Gasteiger partial charge on any atom is 0.330 e. The predicted molar refractivity (Wildman–Crippen MR) is 107 cm³/mol. The third-order valence-electron chi connectivity index (χ3n) is 5.32. The molecule has 1 fully saturated rings. The van der Waals surface area contributed by atoms with Gasteiger partial charge in [0.05, 0.1) is 0 Å². The average molecular weight is 394 g/mol. The van der Waals surface area contributed by atoms with Crippen molar-refractivity contribution in [3.05, 3.63) is 54.1 Å². The molecule has 3 aromatic rings. The Balaban J connectivity index is 1.73. The zero-order chi connectivity index (χ0) is 20.4. The van der Waals surface area contributed by atoms with Gasteiger partial charge in [0, 0.05) is 26.0 Å². The molecule has 0 amide bonds. The highest BCUT2D eigenvalue weighted by Gasteiger charge is 2.47. The summed E-state index contributed by atoms with van der Waals surface area (Å²) in [5.74, 6) is -0.947. The van der Waals surface area contributed by atoms with Gasteiger partial charge in [-0.2, -0.15) is 4.98 Å². The highest BCUT2D eigenvalue weighted by atomic mass is 16.5. The number of anilines is 1. The first-order valence-electron chi connectivity index (χ1n) is 9.62. The molecule has 1 N–H and O–H groups in total. The van der Waals surface area contributed by atoms with Crippen LogP contribution < -0.4 is 9.64 Å². The van der Waals surface area contributed by atoms with Gasteiger partial charge in [-0.3, -0.25) is 4.79 Å². The Labute approximate surface area is 167 Å². The van der Waals surface area contributed by atoms with Gasteiger partial charge in [0.2, 0.25) is 0 Å². The molecular weight excluding hydrogens is 372 g/mol. The summed E-state index contributed by atoms with van der Waals surface area (Å²) in [4.78, 5) is 30.0. The van der Waals surface area contributed by atoms with Crippen LogP contribution in [0.5, 0.6) is 5.75 Å². The lowest BCUT2D eigenvalue weighted by Crippen LogP contribution is -2.59. The van der Waals surface area contributed by atoms with Crippen molar-refractivity contribution >= 4 is 29.1 Å². The lowest BCUT2D eigenvalue weighted by atomic mass is 9.81. The van der Waals surface area contributed by atoms with Crippen molar-refractivity contribution in [2.75, 3.05) is 11.4 Å². The van der Waals surface area contributed by atoms with E-state index in [-0.39, 0.29) is 6.01 Å². The van der Waals surface area contributed by atoms with Gasteiger partial charge < -0.3 is 19.2 Å². The second kappa shape index (κ2) is 7.58. The number of nitrogens with zero attached hydrogens (tertiary/aromatic N) is 2. The molecular formula is C22H22N2O5. The third-order valence-corrected chi connectivity index (χ3v) is 5.32. The van der Waals surface area contributed by atoms with Crippen molar-refractivity contribution in [3.63, 3.8) is 0 Å². The minimum Gasteiger partial charge on any atom is -0.479 e. The Bertz CT molecular complexity index is 1050. The molecule has 7 nitrogen and oxygen atoms in total. The molecule has 1 saturated heterocycles. The Morgan fingerprint density at radius 1 is 1.21 bits per heavy atom. The first kappa shape index (κ1) is 19.0. The van der Waals surface area contributed by atoms with Crippen LogP contribution in [-0.4, -0.2) is 34.1 Å². The number of piperidine rings is 1. The normalized spacial score (nSPS) is 19.3. The van der Waals surface area contributed by atoms with E-state index in [1.807, 2.05) is 30.3 Å². The second-order valence-corrected chi connectivity index (χ2v) is 7.33. The number of aliphatic carboxylic acids is 1. The molecule has 7 heteroatoms. The van der Waals surface area contributed by atoms with E-state index in [0.717, 1.165) is 18.4 Å². The Hall–Kier alpha value is -3.35. The van der Waals surface area contributed by atoms with Gasteiger partial charge in [0.15, 0.2) is 5.58 Å². The van der Waals surface area contributed by atoms with Crippen molar-refractivity contribution in [3.8, 4) is 5.75 Å². The number of aromatic nitrogens is 1. The van der Waals surface area contributed by atoms with E-state index >= 15 is 0 Å². The molecule has 1 aliphatic heterocycles. The SMILES string of the molecule is CC(=O)Oc1ccc2nc(N3CCCC[C@]3(Cc3ccccc3)C(=O)O)oc2c1. The summed E-state index contributed by atoms with van der Waals surface area (Å²) in [5.41, 5.74) is 0.859. The van der Waals surface area contributed by atoms with E-state index in [1.54, 1.807) is 23.1 Å². The number of benzene rings is 2. The van der Waals surface area contributed by atoms with E-state index in [9.17, 15) is 14.7 Å². The lowest BCUT2D eigenvalue weighted by molar-refractivity contribution is -0.144. The van der Waals surface area contributed by atoms with Gasteiger partial charge in [0.25, 0.3) is 6.01 Å². The van der Waals surface area contributed by atoms with Crippen LogP contribution in [0.25, 0.3) is 11.1 Å². The quantitative estimate of drug-likeness (QED) is 0.519. The molecule has 1 atom stereocenters. The Morgan fingerprint density at radius 3 is 2.72 bits per heavy atom. The van der Waals surface area contributed by atoms with Crippen molar-refractivity contribution in [2.45, 2.75) is 38.1 Å². The van der Waals surface area contributed by atoms with Crippen LogP contribution in [0.4, 0.5) is 6.01 Å². The van der Waals surface area contributed by atoms with Gasteiger partial charge in [-0.1, -0.05) is 30.3 Å². The van der Waals surface area contributed by atoms with Gasteiger partial charge >= 0.3 is 11.9 Å². The molecule has 0 saturated carbocycles. The number of carboxylic acid groups (broad SMARTS) is 1. The van der Waals surface area contributed by atoms with E-state index in [0.29, 0.717) is 36.2 Å². The van der Waals surface area contributed by atoms with Crippen LogP contribution in [-0.2, 0) is 16.0 Å². The van der Waals surface area contributed by atoms with Crippen molar-refractivity contribution in [1.82, 2.24) is 4.98 Å². The van der Waals surface area contributed by atoms with Gasteiger partial charge in [-0.15, -0.1) is 0 Å². The summed E-state index contributed by atoms with van der Waals surface area (Å²) in [6, 6.07) is 14.8. The van der Waals surface area contributed by atoms with Gasteiger partial charge in [0.1, 0.15) is 16.8 Å². The van der Waals surface area contributed by atoms with Crippen LogP contribution in [0.1, 0.15) is 31.7 Å². The Morgan fingerprint density at radius 2 is 2.00 bits per heavy atom. The number of carboxylic acids is 1. The van der Waals surface area contributed by atoms with Crippen molar-refractivity contribution < 1.29 is 23.8 Å². The number of hydrogen-bond donors (Lipinski definition) is 1. The van der Waals surface area contributed by atoms with Crippen LogP contribution >= 0.6 is 0 Å². The van der Waals surface area contributed by atoms with E-state index in [4.69, 9.17) is 9.15 Å². The molecule has 1 aliphatic rings. The summed E-state index contributed by atoms with van der Waals surface area (Å²) in [7, 11) is 0. The number of fused-ring (bicyclic) bond motifs is 1. The molecule has 2 heterocycles. The molecule has 4 rings (SSSR count). The fraction of sp³-hybridized carbons (Fsp3) is 0.318. The Kier molecular flexibility index (Phi) is 4.96. The van der Waals surface area contributed by atoms with E-state index < -0.39 is 17.5 Å². The van der Waals surface area contributed by atoms with Crippen LogP contribution in [0.3, 0.4) is 0 Å². The van der Waals surface area contributed by atoms with E-state index in [1.165, 1.54) is 6.92 Å². The highest BCUT2D eigenvalue weighted by molar-refractivity contribution is 5.85. The van der Waals surface area contributed by atoms with E-state index in [2.05, 4.69) is 4.98 Å². The smallest absolute Gasteiger partial charge is 0.330 e. The minimum absolute atomic E-state index is 0.276. The number of hydrogen-bond acceptors (Lipinski definition) is 6. The van der Waals surface area contributed by atoms with Crippen LogP contribution in [0.2, 0.25) is 0 Å². The first-order valence-corrected chi connectivity index (χ1v) is 9.62. The standard InChI is InChI=1S/C22H22N2O5/c1-15(25)28-17-9-10-18-19(13-17)29-21(23-18)24-12-6-5-11-22(24,20(26)27)14-16-7-3-2-4-8-16/h2-4,7-10,13H,5-6,11-12,14H2,1H3,(H,26,27)/t22-/m0/s1. The summed E-state index contributed by atoms with van der Waals surface area (Å²) in [6.07, 6.45) is 2.56. The maximum atomic E-state index is 12.5. The average Bonchev–Trinajstić information content (AvgIpc) is 3.11. The first-order chi connectivity index (χ1) is 14.0. The van der Waals surface area contributed by atoms with Crippen LogP contribution in [0.15, 0.2) is 52.9 Å². The maximum absolute atomic E-state index is 12.5. The molecule has 0 bridgehead atoms. The lowest BCUT2D eigenvalue weighted by Gasteiger charge is -2.43. The number of rotatable bonds is 5. The van der Waals surface area contributed by atoms with Gasteiger partial charge in [-0.25, -0.2) is 4.79 Å². The predicted octanol–water partition coefficient (Wildman–Crippen LogP) is 3.81. The van der Waals surface area contributed by atoms with Crippen LogP contribution in [0, 0.1) is 0 Å². The molecule has 0 aliphatic carbocycles. The summed E-state index contributed by atoms with van der Waals surface area (Å²) >= 11 is 0. The number of esters is 1. The molecule has 1 aromatic heterocycles. The summed E-state index contributed by atoms with van der Waals surface area (Å²) < 4.78 is 11.0.